The molecule has 4 heteroatoms. The summed E-state index contributed by atoms with van der Waals surface area (Å²) in [7, 11) is 0. The van der Waals surface area contributed by atoms with Crippen LogP contribution >= 0.6 is 0 Å². The van der Waals surface area contributed by atoms with Crippen molar-refractivity contribution in [3.63, 3.8) is 0 Å². The van der Waals surface area contributed by atoms with Crippen LogP contribution in [-0.4, -0.2) is 15.7 Å². The van der Waals surface area contributed by atoms with E-state index in [2.05, 4.69) is 15.1 Å². The van der Waals surface area contributed by atoms with Crippen molar-refractivity contribution in [3.8, 4) is 0 Å². The van der Waals surface area contributed by atoms with Crippen molar-refractivity contribution in [3.05, 3.63) is 60.2 Å². The van der Waals surface area contributed by atoms with Crippen LogP contribution in [0.4, 0.5) is 0 Å². The van der Waals surface area contributed by atoms with E-state index in [-0.39, 0.29) is 6.10 Å². The summed E-state index contributed by atoms with van der Waals surface area (Å²) in [5.41, 5.74) is 2.65. The Morgan fingerprint density at radius 2 is 1.82 bits per heavy atom. The Kier molecular flexibility index (Phi) is 2.54. The Balaban J connectivity index is 1.78. The van der Waals surface area contributed by atoms with E-state index in [1.165, 1.54) is 0 Å². The van der Waals surface area contributed by atoms with Crippen molar-refractivity contribution >= 4 is 5.71 Å². The van der Waals surface area contributed by atoms with Gasteiger partial charge in [-0.1, -0.05) is 17.3 Å². The topological polar surface area (TPSA) is 47.4 Å². The Labute approximate surface area is 99.0 Å². The first-order valence-electron chi connectivity index (χ1n) is 5.48. The number of hydrogen-bond donors (Lipinski definition) is 0. The second-order valence-electron chi connectivity index (χ2n) is 3.81. The van der Waals surface area contributed by atoms with Gasteiger partial charge in [0.1, 0.15) is 5.71 Å². The summed E-state index contributed by atoms with van der Waals surface area (Å²) in [6.07, 6.45) is 4.14. The molecule has 0 aliphatic carbocycles. The third kappa shape index (κ3) is 2.01. The smallest absolute Gasteiger partial charge is 0.175 e. The Bertz CT molecular complexity index is 525. The SMILES string of the molecule is c1ccc(C2=NOC(c3ccccn3)C2)nc1. The fourth-order valence-corrected chi connectivity index (χ4v) is 1.79. The number of rotatable bonds is 2. The molecule has 0 bridgehead atoms. The Hall–Kier alpha value is -2.23. The molecule has 0 saturated heterocycles. The average Bonchev–Trinajstić information content (AvgIpc) is 2.90. The van der Waals surface area contributed by atoms with Gasteiger partial charge in [-0.05, 0) is 24.3 Å². The summed E-state index contributed by atoms with van der Waals surface area (Å²) in [4.78, 5) is 13.9. The lowest BCUT2D eigenvalue weighted by Gasteiger charge is -2.05. The van der Waals surface area contributed by atoms with Crippen molar-refractivity contribution in [2.75, 3.05) is 0 Å². The first-order chi connectivity index (χ1) is 8.43. The van der Waals surface area contributed by atoms with Crippen LogP contribution in [-0.2, 0) is 4.84 Å². The number of nitrogens with zero attached hydrogens (tertiary/aromatic N) is 3. The molecule has 17 heavy (non-hydrogen) atoms. The molecule has 1 unspecified atom stereocenters. The minimum absolute atomic E-state index is 0.0896. The minimum atomic E-state index is -0.0896. The Morgan fingerprint density at radius 3 is 2.53 bits per heavy atom. The monoisotopic (exact) mass is 225 g/mol. The van der Waals surface area contributed by atoms with Crippen LogP contribution in [0.3, 0.4) is 0 Å². The van der Waals surface area contributed by atoms with Gasteiger partial charge in [0.25, 0.3) is 0 Å². The summed E-state index contributed by atoms with van der Waals surface area (Å²) >= 11 is 0. The number of aromatic nitrogens is 2. The molecule has 84 valence electrons. The van der Waals surface area contributed by atoms with Crippen LogP contribution in [0, 0.1) is 0 Å². The van der Waals surface area contributed by atoms with Crippen molar-refractivity contribution in [2.24, 2.45) is 5.16 Å². The molecule has 4 nitrogen and oxygen atoms in total. The minimum Gasteiger partial charge on any atom is -0.385 e. The first-order valence-corrected chi connectivity index (χ1v) is 5.48. The molecule has 2 aromatic heterocycles. The van der Waals surface area contributed by atoms with Gasteiger partial charge in [-0.25, -0.2) is 0 Å². The van der Waals surface area contributed by atoms with Gasteiger partial charge in [-0.15, -0.1) is 0 Å². The first kappa shape index (κ1) is 9.96. The highest BCUT2D eigenvalue weighted by Gasteiger charge is 2.25. The van der Waals surface area contributed by atoms with Gasteiger partial charge in [0, 0.05) is 18.8 Å². The van der Waals surface area contributed by atoms with E-state index in [1.54, 1.807) is 12.4 Å². The predicted octanol–water partition coefficient (Wildman–Crippen LogP) is 2.34. The summed E-state index contributed by atoms with van der Waals surface area (Å²) in [6, 6.07) is 11.5. The second kappa shape index (κ2) is 4.33. The van der Waals surface area contributed by atoms with Crippen LogP contribution in [0.2, 0.25) is 0 Å². The zero-order valence-electron chi connectivity index (χ0n) is 9.15. The number of oxime groups is 1. The molecule has 2 aromatic rings. The van der Waals surface area contributed by atoms with Gasteiger partial charge in [-0.2, -0.15) is 0 Å². The molecule has 0 amide bonds. The molecular weight excluding hydrogens is 214 g/mol. The van der Waals surface area contributed by atoms with Crippen LogP contribution < -0.4 is 0 Å². The van der Waals surface area contributed by atoms with Crippen LogP contribution in [0.5, 0.6) is 0 Å². The van der Waals surface area contributed by atoms with E-state index in [0.717, 1.165) is 17.1 Å². The lowest BCUT2D eigenvalue weighted by molar-refractivity contribution is 0.0826. The van der Waals surface area contributed by atoms with E-state index in [1.807, 2.05) is 36.4 Å². The maximum absolute atomic E-state index is 5.39. The lowest BCUT2D eigenvalue weighted by Crippen LogP contribution is -2.04. The molecule has 1 atom stereocenters. The maximum atomic E-state index is 5.39. The molecule has 0 fully saturated rings. The van der Waals surface area contributed by atoms with Crippen LogP contribution in [0.1, 0.15) is 23.9 Å². The summed E-state index contributed by atoms with van der Waals surface area (Å²) in [6.45, 7) is 0. The molecule has 0 N–H and O–H groups in total. The van der Waals surface area contributed by atoms with Crippen molar-refractivity contribution in [2.45, 2.75) is 12.5 Å². The van der Waals surface area contributed by atoms with Gasteiger partial charge in [0.15, 0.2) is 6.10 Å². The van der Waals surface area contributed by atoms with Crippen molar-refractivity contribution in [1.29, 1.82) is 0 Å². The Morgan fingerprint density at radius 1 is 1.00 bits per heavy atom. The molecule has 3 heterocycles. The van der Waals surface area contributed by atoms with Gasteiger partial charge >= 0.3 is 0 Å². The zero-order valence-corrected chi connectivity index (χ0v) is 9.15. The molecular formula is C13H11N3O. The molecule has 3 rings (SSSR count). The molecule has 0 saturated carbocycles. The summed E-state index contributed by atoms with van der Waals surface area (Å²) < 4.78 is 0. The van der Waals surface area contributed by atoms with Crippen molar-refractivity contribution < 1.29 is 4.84 Å². The van der Waals surface area contributed by atoms with E-state index in [0.29, 0.717) is 6.42 Å². The van der Waals surface area contributed by atoms with E-state index >= 15 is 0 Å². The average molecular weight is 225 g/mol. The summed E-state index contributed by atoms with van der Waals surface area (Å²) in [5.74, 6) is 0. The normalized spacial score (nSPS) is 18.6. The largest absolute Gasteiger partial charge is 0.385 e. The molecule has 1 aliphatic rings. The summed E-state index contributed by atoms with van der Waals surface area (Å²) in [5, 5.41) is 4.08. The van der Waals surface area contributed by atoms with Gasteiger partial charge in [0.05, 0.1) is 11.4 Å². The maximum Gasteiger partial charge on any atom is 0.175 e. The molecule has 1 aliphatic heterocycles. The quantitative estimate of drug-likeness (QED) is 0.788. The third-order valence-corrected chi connectivity index (χ3v) is 2.65. The zero-order chi connectivity index (χ0) is 11.5. The second-order valence-corrected chi connectivity index (χ2v) is 3.81. The van der Waals surface area contributed by atoms with Crippen LogP contribution in [0.15, 0.2) is 53.9 Å². The fourth-order valence-electron chi connectivity index (χ4n) is 1.79. The molecule has 0 spiro atoms. The van der Waals surface area contributed by atoms with Gasteiger partial charge in [0.2, 0.25) is 0 Å². The lowest BCUT2D eigenvalue weighted by atomic mass is 10.1. The number of hydrogen-bond acceptors (Lipinski definition) is 4. The van der Waals surface area contributed by atoms with Gasteiger partial charge < -0.3 is 4.84 Å². The van der Waals surface area contributed by atoms with E-state index in [9.17, 15) is 0 Å². The van der Waals surface area contributed by atoms with E-state index < -0.39 is 0 Å². The van der Waals surface area contributed by atoms with Crippen molar-refractivity contribution in [1.82, 2.24) is 9.97 Å². The van der Waals surface area contributed by atoms with E-state index in [4.69, 9.17) is 4.84 Å². The standard InChI is InChI=1S/C13H11N3O/c1-3-7-14-10(5-1)12-9-13(17-16-12)11-6-2-4-8-15-11/h1-8,13H,9H2. The third-order valence-electron chi connectivity index (χ3n) is 2.65. The predicted molar refractivity (Wildman–Crippen MR) is 63.5 cm³/mol. The molecule has 0 radical (unpaired) electrons. The van der Waals surface area contributed by atoms with Gasteiger partial charge in [-0.3, -0.25) is 9.97 Å². The molecule has 0 aromatic carbocycles. The highest BCUT2D eigenvalue weighted by Crippen LogP contribution is 2.27. The fraction of sp³-hybridized carbons (Fsp3) is 0.154. The highest BCUT2D eigenvalue weighted by molar-refractivity contribution is 5.99. The highest BCUT2D eigenvalue weighted by atomic mass is 16.6. The number of pyridine rings is 2. The van der Waals surface area contributed by atoms with Crippen LogP contribution in [0.25, 0.3) is 0 Å².